The van der Waals surface area contributed by atoms with Gasteiger partial charge in [-0.25, -0.2) is 0 Å². The summed E-state index contributed by atoms with van der Waals surface area (Å²) in [5, 5.41) is 0. The molecule has 0 N–H and O–H groups in total. The fourth-order valence-corrected chi connectivity index (χ4v) is 4.14. The minimum absolute atomic E-state index is 0.0465. The van der Waals surface area contributed by atoms with Gasteiger partial charge in [-0.15, -0.1) is 0 Å². The number of ether oxygens (including phenoxy) is 1. The molecule has 0 radical (unpaired) electrons. The van der Waals surface area contributed by atoms with Crippen LogP contribution in [0.1, 0.15) is 70.9 Å². The Labute approximate surface area is 182 Å². The van der Waals surface area contributed by atoms with E-state index in [0.29, 0.717) is 26.3 Å². The van der Waals surface area contributed by atoms with E-state index in [1.807, 2.05) is 31.1 Å². The van der Waals surface area contributed by atoms with Gasteiger partial charge in [0, 0.05) is 51.2 Å². The molecule has 6 heteroatoms. The highest BCUT2D eigenvalue weighted by atomic mass is 16.5. The Hall–Kier alpha value is -1.82. The smallest absolute Gasteiger partial charge is 0.242 e. The lowest BCUT2D eigenvalue weighted by molar-refractivity contribution is -0.144. The largest absolute Gasteiger partial charge is 0.382 e. The van der Waals surface area contributed by atoms with Gasteiger partial charge in [0.25, 0.3) is 0 Å². The van der Waals surface area contributed by atoms with Crippen molar-refractivity contribution in [1.82, 2.24) is 14.4 Å². The molecule has 0 saturated heterocycles. The van der Waals surface area contributed by atoms with Crippen molar-refractivity contribution in [3.63, 3.8) is 0 Å². The second-order valence-electron chi connectivity index (χ2n) is 8.42. The first kappa shape index (κ1) is 24.4. The van der Waals surface area contributed by atoms with Crippen molar-refractivity contribution in [2.45, 2.75) is 71.8 Å². The van der Waals surface area contributed by atoms with Crippen molar-refractivity contribution in [3.8, 4) is 0 Å². The zero-order valence-corrected chi connectivity index (χ0v) is 19.3. The summed E-state index contributed by atoms with van der Waals surface area (Å²) in [5.41, 5.74) is 1.11. The molecule has 1 aliphatic rings. The number of aromatic nitrogens is 1. The molecule has 0 aromatic carbocycles. The number of aryl methyl sites for hydroxylation is 1. The highest BCUT2D eigenvalue weighted by Gasteiger charge is 2.28. The Morgan fingerprint density at radius 3 is 2.47 bits per heavy atom. The van der Waals surface area contributed by atoms with Crippen LogP contribution in [0.3, 0.4) is 0 Å². The fourth-order valence-electron chi connectivity index (χ4n) is 4.14. The zero-order chi connectivity index (χ0) is 21.8. The minimum Gasteiger partial charge on any atom is -0.382 e. The second-order valence-corrected chi connectivity index (χ2v) is 8.42. The number of hydrogen-bond acceptors (Lipinski definition) is 3. The van der Waals surface area contributed by atoms with Crippen LogP contribution in [0.15, 0.2) is 18.3 Å². The van der Waals surface area contributed by atoms with Crippen LogP contribution in [-0.4, -0.2) is 59.0 Å². The van der Waals surface area contributed by atoms with Gasteiger partial charge in [0.1, 0.15) is 0 Å². The average Bonchev–Trinajstić information content (AvgIpc) is 3.17. The lowest BCUT2D eigenvalue weighted by Crippen LogP contribution is -2.46. The van der Waals surface area contributed by atoms with Crippen molar-refractivity contribution in [2.24, 2.45) is 13.0 Å². The predicted octanol–water partition coefficient (Wildman–Crippen LogP) is 3.99. The van der Waals surface area contributed by atoms with Gasteiger partial charge in [-0.2, -0.15) is 0 Å². The predicted molar refractivity (Wildman–Crippen MR) is 120 cm³/mol. The molecule has 1 aliphatic carbocycles. The summed E-state index contributed by atoms with van der Waals surface area (Å²) >= 11 is 0. The Kier molecular flexibility index (Phi) is 11.0. The first-order chi connectivity index (χ1) is 14.6. The Balaban J connectivity index is 2.05. The molecule has 2 amide bonds. The highest BCUT2D eigenvalue weighted by Crippen LogP contribution is 2.25. The van der Waals surface area contributed by atoms with Gasteiger partial charge in [-0.1, -0.05) is 32.6 Å². The average molecular weight is 420 g/mol. The van der Waals surface area contributed by atoms with Gasteiger partial charge in [0.2, 0.25) is 11.8 Å². The molecule has 0 unspecified atom stereocenters. The molecule has 1 aromatic rings. The maximum Gasteiger partial charge on any atom is 0.242 e. The third-order valence-electron chi connectivity index (χ3n) is 6.05. The quantitative estimate of drug-likeness (QED) is 0.454. The summed E-state index contributed by atoms with van der Waals surface area (Å²) in [7, 11) is 2.00. The molecule has 1 aromatic heterocycles. The molecule has 0 bridgehead atoms. The molecule has 6 nitrogen and oxygen atoms in total. The van der Waals surface area contributed by atoms with Crippen molar-refractivity contribution < 1.29 is 14.3 Å². The van der Waals surface area contributed by atoms with Crippen molar-refractivity contribution in [2.75, 3.05) is 32.8 Å². The van der Waals surface area contributed by atoms with Crippen LogP contribution in [-0.2, 0) is 27.9 Å². The van der Waals surface area contributed by atoms with Gasteiger partial charge in [0.15, 0.2) is 0 Å². The third-order valence-corrected chi connectivity index (χ3v) is 6.05. The van der Waals surface area contributed by atoms with Gasteiger partial charge in [0.05, 0.1) is 13.1 Å². The lowest BCUT2D eigenvalue weighted by Gasteiger charge is -2.31. The summed E-state index contributed by atoms with van der Waals surface area (Å²) in [4.78, 5) is 30.2. The minimum atomic E-state index is 0.0465. The molecular weight excluding hydrogens is 378 g/mol. The van der Waals surface area contributed by atoms with Gasteiger partial charge in [-0.3, -0.25) is 9.59 Å². The maximum atomic E-state index is 13.3. The van der Waals surface area contributed by atoms with E-state index in [0.717, 1.165) is 57.2 Å². The number of carbonyl (C=O) groups is 2. The summed E-state index contributed by atoms with van der Waals surface area (Å²) in [6, 6.07) is 4.06. The van der Waals surface area contributed by atoms with E-state index in [9.17, 15) is 9.59 Å². The normalized spacial score (nSPS) is 14.6. The topological polar surface area (TPSA) is 54.8 Å². The molecule has 1 heterocycles. The standard InChI is InChI=1S/C24H41N3O3/c1-4-6-16-26(19-22-14-10-15-25(22)3)23(28)20-27(17-11-18-30-5-2)24(29)21-12-8-7-9-13-21/h10,14-15,21H,4-9,11-13,16-20H2,1-3H3. The van der Waals surface area contributed by atoms with Crippen LogP contribution in [0.2, 0.25) is 0 Å². The first-order valence-corrected chi connectivity index (χ1v) is 11.8. The zero-order valence-electron chi connectivity index (χ0n) is 19.3. The van der Waals surface area contributed by atoms with Gasteiger partial charge < -0.3 is 19.1 Å². The van der Waals surface area contributed by atoms with Crippen LogP contribution < -0.4 is 0 Å². The molecule has 2 rings (SSSR count). The van der Waals surface area contributed by atoms with Crippen LogP contribution in [0.5, 0.6) is 0 Å². The number of nitrogens with zero attached hydrogens (tertiary/aromatic N) is 3. The summed E-state index contributed by atoms with van der Waals surface area (Å²) < 4.78 is 7.52. The van der Waals surface area contributed by atoms with Gasteiger partial charge in [-0.05, 0) is 44.7 Å². The van der Waals surface area contributed by atoms with Crippen molar-refractivity contribution in [3.05, 3.63) is 24.0 Å². The molecule has 1 saturated carbocycles. The maximum absolute atomic E-state index is 13.3. The number of carbonyl (C=O) groups excluding carboxylic acids is 2. The summed E-state index contributed by atoms with van der Waals surface area (Å²) in [5.74, 6) is 0.287. The van der Waals surface area contributed by atoms with E-state index in [1.165, 1.54) is 6.42 Å². The summed E-state index contributed by atoms with van der Waals surface area (Å²) in [6.07, 6.45) is 10.1. The second kappa shape index (κ2) is 13.5. The van der Waals surface area contributed by atoms with E-state index < -0.39 is 0 Å². The molecule has 0 aliphatic heterocycles. The number of unbranched alkanes of at least 4 members (excludes halogenated alkanes) is 1. The van der Waals surface area contributed by atoms with Gasteiger partial charge >= 0.3 is 0 Å². The van der Waals surface area contributed by atoms with Crippen LogP contribution >= 0.6 is 0 Å². The monoisotopic (exact) mass is 419 g/mol. The third kappa shape index (κ3) is 7.78. The molecular formula is C24H41N3O3. The van der Waals surface area contributed by atoms with Crippen molar-refractivity contribution in [1.29, 1.82) is 0 Å². The molecule has 1 fully saturated rings. The van der Waals surface area contributed by atoms with E-state index in [-0.39, 0.29) is 24.3 Å². The lowest BCUT2D eigenvalue weighted by atomic mass is 9.88. The van der Waals surface area contributed by atoms with Crippen LogP contribution in [0.4, 0.5) is 0 Å². The Morgan fingerprint density at radius 1 is 1.10 bits per heavy atom. The number of hydrogen-bond donors (Lipinski definition) is 0. The molecule has 0 atom stereocenters. The SMILES string of the molecule is CCCCN(Cc1cccn1C)C(=O)CN(CCCOCC)C(=O)C1CCCCC1. The molecule has 30 heavy (non-hydrogen) atoms. The number of rotatable bonds is 13. The first-order valence-electron chi connectivity index (χ1n) is 11.8. The highest BCUT2D eigenvalue weighted by molar-refractivity contribution is 5.86. The Morgan fingerprint density at radius 2 is 1.83 bits per heavy atom. The van der Waals surface area contributed by atoms with E-state index in [4.69, 9.17) is 4.74 Å². The van der Waals surface area contributed by atoms with E-state index >= 15 is 0 Å². The van der Waals surface area contributed by atoms with E-state index in [1.54, 1.807) is 4.90 Å². The van der Waals surface area contributed by atoms with E-state index in [2.05, 4.69) is 17.6 Å². The fraction of sp³-hybridized carbons (Fsp3) is 0.750. The molecule has 170 valence electrons. The molecule has 0 spiro atoms. The van der Waals surface area contributed by atoms with Crippen LogP contribution in [0, 0.1) is 5.92 Å². The van der Waals surface area contributed by atoms with Crippen LogP contribution in [0.25, 0.3) is 0 Å². The number of amides is 2. The van der Waals surface area contributed by atoms with Crippen molar-refractivity contribution >= 4 is 11.8 Å². The summed E-state index contributed by atoms with van der Waals surface area (Å²) in [6.45, 7) is 7.50. The Bertz CT molecular complexity index is 637.